The molecule has 0 unspecified atom stereocenters. The highest BCUT2D eigenvalue weighted by Crippen LogP contribution is 2.40. The summed E-state index contributed by atoms with van der Waals surface area (Å²) >= 11 is 0. The van der Waals surface area contributed by atoms with Crippen LogP contribution in [-0.2, 0) is 16.6 Å². The standard InChI is InChI=1S/C26H27N3O3/c1-14(2)22-24(26(31)29(25(22)30)18-9-7-17(27)8-10-18)15(3)23-16(4)28(5)21-12-11-19(32-6)13-20(21)23/h7-13H,27H2,1-6H3/b24-15+. The first-order valence-corrected chi connectivity index (χ1v) is 10.4. The summed E-state index contributed by atoms with van der Waals surface area (Å²) in [4.78, 5) is 28.3. The van der Waals surface area contributed by atoms with Crippen LogP contribution in [0.5, 0.6) is 5.75 Å². The molecule has 164 valence electrons. The summed E-state index contributed by atoms with van der Waals surface area (Å²) in [5, 5.41) is 0.980. The Morgan fingerprint density at radius 2 is 1.56 bits per heavy atom. The maximum absolute atomic E-state index is 13.7. The average Bonchev–Trinajstić information content (AvgIpc) is 3.17. The third kappa shape index (κ3) is 3.11. The van der Waals surface area contributed by atoms with Crippen LogP contribution in [0.2, 0.25) is 0 Å². The summed E-state index contributed by atoms with van der Waals surface area (Å²) in [5.41, 5.74) is 12.3. The van der Waals surface area contributed by atoms with Gasteiger partial charge in [-0.3, -0.25) is 9.59 Å². The maximum Gasteiger partial charge on any atom is 0.266 e. The Labute approximate surface area is 187 Å². The molecule has 0 aliphatic carbocycles. The van der Waals surface area contributed by atoms with Gasteiger partial charge in [0.1, 0.15) is 5.75 Å². The topological polar surface area (TPSA) is 77.6 Å². The van der Waals surface area contributed by atoms with E-state index in [2.05, 4.69) is 4.57 Å². The van der Waals surface area contributed by atoms with Crippen LogP contribution in [0.15, 0.2) is 59.2 Å². The molecule has 6 heteroatoms. The Balaban J connectivity index is 2.00. The molecule has 2 aromatic carbocycles. The number of aromatic nitrogens is 1. The van der Waals surface area contributed by atoms with Gasteiger partial charge in [0.25, 0.3) is 11.8 Å². The van der Waals surface area contributed by atoms with Crippen molar-refractivity contribution in [3.63, 3.8) is 0 Å². The number of aryl methyl sites for hydroxylation is 1. The number of imide groups is 1. The molecular weight excluding hydrogens is 402 g/mol. The smallest absolute Gasteiger partial charge is 0.266 e. The summed E-state index contributed by atoms with van der Waals surface area (Å²) in [5.74, 6) is 0.0966. The lowest BCUT2D eigenvalue weighted by molar-refractivity contribution is -0.119. The Hall–Kier alpha value is -3.80. The van der Waals surface area contributed by atoms with E-state index < -0.39 is 0 Å². The van der Waals surface area contributed by atoms with Crippen LogP contribution >= 0.6 is 0 Å². The second-order valence-corrected chi connectivity index (χ2v) is 8.31. The number of benzene rings is 2. The highest BCUT2D eigenvalue weighted by Gasteiger charge is 2.42. The van der Waals surface area contributed by atoms with E-state index in [-0.39, 0.29) is 11.8 Å². The molecule has 1 aromatic heterocycles. The zero-order valence-electron chi connectivity index (χ0n) is 19.2. The number of fused-ring (bicyclic) bond motifs is 1. The van der Waals surface area contributed by atoms with Crippen LogP contribution in [0, 0.1) is 6.92 Å². The van der Waals surface area contributed by atoms with Crippen LogP contribution in [0.3, 0.4) is 0 Å². The molecule has 32 heavy (non-hydrogen) atoms. The molecule has 1 saturated heterocycles. The van der Waals surface area contributed by atoms with Crippen LogP contribution in [-0.4, -0.2) is 23.5 Å². The molecule has 1 aliphatic heterocycles. The van der Waals surface area contributed by atoms with Gasteiger partial charge in [-0.1, -0.05) is 5.57 Å². The van der Waals surface area contributed by atoms with Gasteiger partial charge in [-0.2, -0.15) is 0 Å². The number of rotatable bonds is 3. The summed E-state index contributed by atoms with van der Waals surface area (Å²) in [6, 6.07) is 12.7. The van der Waals surface area contributed by atoms with Gasteiger partial charge < -0.3 is 15.0 Å². The first-order chi connectivity index (χ1) is 15.2. The van der Waals surface area contributed by atoms with Crippen molar-refractivity contribution in [2.24, 2.45) is 7.05 Å². The van der Waals surface area contributed by atoms with E-state index in [1.807, 2.05) is 52.9 Å². The van der Waals surface area contributed by atoms with Gasteiger partial charge in [0.05, 0.1) is 23.9 Å². The zero-order valence-corrected chi connectivity index (χ0v) is 19.2. The van der Waals surface area contributed by atoms with Gasteiger partial charge in [-0.05, 0) is 75.7 Å². The molecule has 2 amide bonds. The van der Waals surface area contributed by atoms with E-state index in [0.29, 0.717) is 22.5 Å². The summed E-state index contributed by atoms with van der Waals surface area (Å²) < 4.78 is 7.53. The summed E-state index contributed by atoms with van der Waals surface area (Å²) in [7, 11) is 3.63. The number of amides is 2. The lowest BCUT2D eigenvalue weighted by atomic mass is 9.93. The minimum Gasteiger partial charge on any atom is -0.497 e. The van der Waals surface area contributed by atoms with E-state index in [1.165, 1.54) is 4.90 Å². The molecule has 1 fully saturated rings. The highest BCUT2D eigenvalue weighted by molar-refractivity contribution is 6.39. The fraction of sp³-hybridized carbons (Fsp3) is 0.231. The molecule has 0 saturated carbocycles. The minimum atomic E-state index is -0.326. The van der Waals surface area contributed by atoms with Crippen molar-refractivity contribution >= 4 is 39.7 Å². The summed E-state index contributed by atoms with van der Waals surface area (Å²) in [6.45, 7) is 7.66. The number of carbonyl (C=O) groups is 2. The highest BCUT2D eigenvalue weighted by atomic mass is 16.5. The number of ether oxygens (including phenoxy) is 1. The number of anilines is 2. The first-order valence-electron chi connectivity index (χ1n) is 10.4. The Morgan fingerprint density at radius 1 is 0.938 bits per heavy atom. The van der Waals surface area contributed by atoms with E-state index in [9.17, 15) is 9.59 Å². The number of carbonyl (C=O) groups excluding carboxylic acids is 2. The number of nitrogens with two attached hydrogens (primary N) is 1. The van der Waals surface area contributed by atoms with Crippen LogP contribution < -0.4 is 15.4 Å². The zero-order chi connectivity index (χ0) is 23.3. The Bertz CT molecular complexity index is 1340. The van der Waals surface area contributed by atoms with E-state index in [4.69, 9.17) is 10.5 Å². The molecule has 0 radical (unpaired) electrons. The molecule has 3 aromatic rings. The molecule has 0 bridgehead atoms. The fourth-order valence-corrected chi connectivity index (χ4v) is 4.48. The largest absolute Gasteiger partial charge is 0.497 e. The van der Waals surface area contributed by atoms with Gasteiger partial charge in [-0.15, -0.1) is 0 Å². The van der Waals surface area contributed by atoms with Crippen LogP contribution in [0.25, 0.3) is 16.5 Å². The van der Waals surface area contributed by atoms with Crippen molar-refractivity contribution < 1.29 is 14.3 Å². The fourth-order valence-electron chi connectivity index (χ4n) is 4.48. The van der Waals surface area contributed by atoms with E-state index >= 15 is 0 Å². The molecule has 0 spiro atoms. The molecule has 0 atom stereocenters. The SMILES string of the molecule is COc1ccc2c(c1)c(/C(C)=C1/C(=O)N(c3ccc(N)cc3)C(=O)C1=C(C)C)c(C)n2C. The Morgan fingerprint density at radius 3 is 2.16 bits per heavy atom. The van der Waals surface area contributed by atoms with Crippen molar-refractivity contribution in [2.75, 3.05) is 17.7 Å². The number of nitrogen functional groups attached to an aromatic ring is 1. The van der Waals surface area contributed by atoms with Gasteiger partial charge >= 0.3 is 0 Å². The normalized spacial score (nSPS) is 15.7. The van der Waals surface area contributed by atoms with Crippen molar-refractivity contribution in [1.29, 1.82) is 0 Å². The van der Waals surface area contributed by atoms with Gasteiger partial charge in [0, 0.05) is 34.9 Å². The summed E-state index contributed by atoms with van der Waals surface area (Å²) in [6.07, 6.45) is 0. The van der Waals surface area contributed by atoms with Crippen molar-refractivity contribution in [3.8, 4) is 5.75 Å². The van der Waals surface area contributed by atoms with Crippen LogP contribution in [0.4, 0.5) is 11.4 Å². The van der Waals surface area contributed by atoms with E-state index in [0.717, 1.165) is 39.1 Å². The van der Waals surface area contributed by atoms with Gasteiger partial charge in [0.2, 0.25) is 0 Å². The molecule has 2 heterocycles. The number of nitrogens with zero attached hydrogens (tertiary/aromatic N) is 2. The van der Waals surface area contributed by atoms with Gasteiger partial charge in [0.15, 0.2) is 0 Å². The second-order valence-electron chi connectivity index (χ2n) is 8.31. The Kier molecular flexibility index (Phi) is 5.17. The molecule has 1 aliphatic rings. The third-order valence-electron chi connectivity index (χ3n) is 6.18. The predicted molar refractivity (Wildman–Crippen MR) is 129 cm³/mol. The predicted octanol–water partition coefficient (Wildman–Crippen LogP) is 4.76. The lowest BCUT2D eigenvalue weighted by Crippen LogP contribution is -2.29. The quantitative estimate of drug-likeness (QED) is 0.370. The first kappa shape index (κ1) is 21.4. The number of allylic oxidation sites excluding steroid dienone is 2. The molecule has 4 rings (SSSR count). The van der Waals surface area contributed by atoms with Crippen LogP contribution in [0.1, 0.15) is 32.0 Å². The molecule has 6 nitrogen and oxygen atoms in total. The van der Waals surface area contributed by atoms with Crippen molar-refractivity contribution in [1.82, 2.24) is 4.57 Å². The third-order valence-corrected chi connectivity index (χ3v) is 6.18. The lowest BCUT2D eigenvalue weighted by Gasteiger charge is -2.13. The van der Waals surface area contributed by atoms with Crippen molar-refractivity contribution in [3.05, 3.63) is 70.4 Å². The number of hydrogen-bond donors (Lipinski definition) is 1. The minimum absolute atomic E-state index is 0.315. The van der Waals surface area contributed by atoms with E-state index in [1.54, 1.807) is 31.4 Å². The molecule has 2 N–H and O–H groups in total. The average molecular weight is 430 g/mol. The molecular formula is C26H27N3O3. The number of methoxy groups -OCH3 is 1. The monoisotopic (exact) mass is 429 g/mol. The second kappa shape index (κ2) is 7.71. The van der Waals surface area contributed by atoms with Gasteiger partial charge in [-0.25, -0.2) is 4.90 Å². The number of hydrogen-bond acceptors (Lipinski definition) is 4. The van der Waals surface area contributed by atoms with Crippen molar-refractivity contribution in [2.45, 2.75) is 27.7 Å². The maximum atomic E-state index is 13.7.